The van der Waals surface area contributed by atoms with Gasteiger partial charge in [-0.15, -0.1) is 0 Å². The third-order valence-electron chi connectivity index (χ3n) is 4.58. The van der Waals surface area contributed by atoms with Crippen molar-refractivity contribution < 1.29 is 9.90 Å². The number of rotatable bonds is 5. The molecule has 0 heterocycles. The van der Waals surface area contributed by atoms with Gasteiger partial charge in [-0.05, 0) is 37.6 Å². The highest BCUT2D eigenvalue weighted by Gasteiger charge is 2.37. The second-order valence-electron chi connectivity index (χ2n) is 6.02. The Balaban J connectivity index is 2.12. The van der Waals surface area contributed by atoms with Crippen molar-refractivity contribution in [3.8, 4) is 6.07 Å². The minimum Gasteiger partial charge on any atom is -0.481 e. The van der Waals surface area contributed by atoms with Crippen LogP contribution in [0.5, 0.6) is 0 Å². The first-order valence-electron chi connectivity index (χ1n) is 7.48. The Kier molecular flexibility index (Phi) is 4.98. The summed E-state index contributed by atoms with van der Waals surface area (Å²) in [6.07, 6.45) is 5.51. The van der Waals surface area contributed by atoms with E-state index in [1.54, 1.807) is 0 Å². The molecule has 4 heteroatoms. The Bertz CT molecular complexity index is 525. The van der Waals surface area contributed by atoms with Crippen molar-refractivity contribution in [1.82, 2.24) is 4.90 Å². The molecule has 1 aromatic rings. The largest absolute Gasteiger partial charge is 0.481 e. The normalized spacial score (nSPS) is 17.4. The molecule has 2 rings (SSSR count). The van der Waals surface area contributed by atoms with E-state index in [2.05, 4.69) is 11.0 Å². The molecule has 0 radical (unpaired) electrons. The number of hydrogen-bond acceptors (Lipinski definition) is 3. The first kappa shape index (κ1) is 15.5. The quantitative estimate of drug-likeness (QED) is 0.903. The van der Waals surface area contributed by atoms with Crippen LogP contribution in [0.4, 0.5) is 0 Å². The van der Waals surface area contributed by atoms with Gasteiger partial charge in [-0.3, -0.25) is 9.69 Å². The van der Waals surface area contributed by atoms with Crippen LogP contribution in [0.1, 0.15) is 49.7 Å². The maximum atomic E-state index is 11.3. The molecule has 0 bridgehead atoms. The summed E-state index contributed by atoms with van der Waals surface area (Å²) in [5, 5.41) is 18.1. The van der Waals surface area contributed by atoms with E-state index in [0.29, 0.717) is 5.56 Å². The first-order valence-corrected chi connectivity index (χ1v) is 7.48. The highest BCUT2D eigenvalue weighted by atomic mass is 16.4. The highest BCUT2D eigenvalue weighted by molar-refractivity contribution is 5.68. The van der Waals surface area contributed by atoms with Crippen molar-refractivity contribution in [2.45, 2.75) is 50.6 Å². The lowest BCUT2D eigenvalue weighted by Crippen LogP contribution is -2.49. The molecule has 4 nitrogen and oxygen atoms in total. The molecule has 1 fully saturated rings. The Hall–Kier alpha value is -1.86. The van der Waals surface area contributed by atoms with Gasteiger partial charge in [0.2, 0.25) is 0 Å². The average molecular weight is 286 g/mol. The smallest absolute Gasteiger partial charge is 0.305 e. The molecule has 112 valence electrons. The molecule has 0 aliphatic heterocycles. The van der Waals surface area contributed by atoms with Crippen molar-refractivity contribution in [3.63, 3.8) is 0 Å². The van der Waals surface area contributed by atoms with E-state index >= 15 is 0 Å². The van der Waals surface area contributed by atoms with Crippen LogP contribution >= 0.6 is 0 Å². The van der Waals surface area contributed by atoms with Crippen molar-refractivity contribution in [2.75, 3.05) is 7.05 Å². The van der Waals surface area contributed by atoms with Gasteiger partial charge in [0, 0.05) is 12.1 Å². The molecule has 21 heavy (non-hydrogen) atoms. The minimum atomic E-state index is -0.719. The zero-order valence-corrected chi connectivity index (χ0v) is 12.5. The molecule has 0 unspecified atom stereocenters. The summed E-state index contributed by atoms with van der Waals surface area (Å²) in [5.74, 6) is -0.719. The first-order chi connectivity index (χ1) is 10.1. The van der Waals surface area contributed by atoms with E-state index in [1.165, 1.54) is 6.42 Å². The summed E-state index contributed by atoms with van der Waals surface area (Å²) in [4.78, 5) is 13.4. The fourth-order valence-electron chi connectivity index (χ4n) is 3.31. The molecule has 1 aliphatic carbocycles. The average Bonchev–Trinajstić information content (AvgIpc) is 2.48. The summed E-state index contributed by atoms with van der Waals surface area (Å²) in [6.45, 7) is 0.721. The third-order valence-corrected chi connectivity index (χ3v) is 4.58. The van der Waals surface area contributed by atoms with Crippen molar-refractivity contribution in [3.05, 3.63) is 35.4 Å². The molecular formula is C17H22N2O2. The monoisotopic (exact) mass is 286 g/mol. The van der Waals surface area contributed by atoms with E-state index in [9.17, 15) is 9.90 Å². The summed E-state index contributed by atoms with van der Waals surface area (Å²) in [7, 11) is 2.02. The van der Waals surface area contributed by atoms with Gasteiger partial charge in [0.1, 0.15) is 0 Å². The molecule has 1 saturated carbocycles. The Morgan fingerprint density at radius 2 is 1.90 bits per heavy atom. The van der Waals surface area contributed by atoms with Crippen LogP contribution in [-0.2, 0) is 11.3 Å². The van der Waals surface area contributed by atoms with Gasteiger partial charge in [-0.1, -0.05) is 31.4 Å². The van der Waals surface area contributed by atoms with Crippen LogP contribution in [0.15, 0.2) is 24.3 Å². The van der Waals surface area contributed by atoms with Gasteiger partial charge in [-0.2, -0.15) is 5.26 Å². The zero-order valence-electron chi connectivity index (χ0n) is 12.5. The van der Waals surface area contributed by atoms with Crippen LogP contribution < -0.4 is 0 Å². The predicted octanol–water partition coefficient (Wildman–Crippen LogP) is 3.17. The standard InChI is InChI=1S/C17H22N2O2/c1-19(13-15-7-5-14(12-18)6-8-15)17(11-16(20)21)9-3-2-4-10-17/h5-8H,2-4,9-11,13H2,1H3,(H,20,21). The summed E-state index contributed by atoms with van der Waals surface area (Å²) in [6, 6.07) is 9.64. The lowest BCUT2D eigenvalue weighted by atomic mass is 9.78. The second kappa shape index (κ2) is 6.73. The van der Waals surface area contributed by atoms with Gasteiger partial charge in [0.05, 0.1) is 18.1 Å². The minimum absolute atomic E-state index is 0.208. The van der Waals surface area contributed by atoms with Crippen molar-refractivity contribution >= 4 is 5.97 Å². The van der Waals surface area contributed by atoms with E-state index in [-0.39, 0.29) is 12.0 Å². The zero-order chi connectivity index (χ0) is 15.3. The fraction of sp³-hybridized carbons (Fsp3) is 0.529. The van der Waals surface area contributed by atoms with Crippen molar-refractivity contribution in [2.24, 2.45) is 0 Å². The second-order valence-corrected chi connectivity index (χ2v) is 6.02. The van der Waals surface area contributed by atoms with Gasteiger partial charge in [0.15, 0.2) is 0 Å². The summed E-state index contributed by atoms with van der Waals surface area (Å²) in [5.41, 5.74) is 1.55. The van der Waals surface area contributed by atoms with Crippen molar-refractivity contribution in [1.29, 1.82) is 5.26 Å². The van der Waals surface area contributed by atoms with Crippen LogP contribution in [0.2, 0.25) is 0 Å². The molecule has 0 amide bonds. The topological polar surface area (TPSA) is 64.3 Å². The number of nitrogens with zero attached hydrogens (tertiary/aromatic N) is 2. The Morgan fingerprint density at radius 3 is 2.43 bits per heavy atom. The lowest BCUT2D eigenvalue weighted by molar-refractivity contribution is -0.141. The molecule has 1 aromatic carbocycles. The molecule has 1 aliphatic rings. The van der Waals surface area contributed by atoms with Gasteiger partial charge >= 0.3 is 5.97 Å². The lowest BCUT2D eigenvalue weighted by Gasteiger charge is -2.44. The molecule has 1 N–H and O–H groups in total. The maximum absolute atomic E-state index is 11.3. The van der Waals surface area contributed by atoms with E-state index in [0.717, 1.165) is 37.8 Å². The number of nitriles is 1. The van der Waals surface area contributed by atoms with Crippen LogP contribution in [0.25, 0.3) is 0 Å². The molecular weight excluding hydrogens is 264 g/mol. The van der Waals surface area contributed by atoms with Gasteiger partial charge < -0.3 is 5.11 Å². The Labute approximate surface area is 126 Å². The molecule has 0 spiro atoms. The molecule has 0 saturated heterocycles. The third kappa shape index (κ3) is 3.83. The SMILES string of the molecule is CN(Cc1ccc(C#N)cc1)C1(CC(=O)O)CCCCC1. The summed E-state index contributed by atoms with van der Waals surface area (Å²) >= 11 is 0. The van der Waals surface area contributed by atoms with E-state index in [1.807, 2.05) is 31.3 Å². The molecule has 0 aromatic heterocycles. The Morgan fingerprint density at radius 1 is 1.29 bits per heavy atom. The van der Waals surface area contributed by atoms with Gasteiger partial charge in [-0.25, -0.2) is 0 Å². The number of aliphatic carboxylic acids is 1. The predicted molar refractivity (Wildman–Crippen MR) is 80.7 cm³/mol. The number of hydrogen-bond donors (Lipinski definition) is 1. The molecule has 0 atom stereocenters. The fourth-order valence-corrected chi connectivity index (χ4v) is 3.31. The highest BCUT2D eigenvalue weighted by Crippen LogP contribution is 2.36. The number of carboxylic acid groups (broad SMARTS) is 1. The van der Waals surface area contributed by atoms with Gasteiger partial charge in [0.25, 0.3) is 0 Å². The number of carbonyl (C=O) groups is 1. The van der Waals surface area contributed by atoms with Crippen LogP contribution in [0.3, 0.4) is 0 Å². The maximum Gasteiger partial charge on any atom is 0.305 e. The summed E-state index contributed by atoms with van der Waals surface area (Å²) < 4.78 is 0. The number of carboxylic acids is 1. The van der Waals surface area contributed by atoms with Crippen LogP contribution in [-0.4, -0.2) is 28.6 Å². The van der Waals surface area contributed by atoms with Crippen LogP contribution in [0, 0.1) is 11.3 Å². The number of benzene rings is 1. The van der Waals surface area contributed by atoms with E-state index < -0.39 is 5.97 Å². The van der Waals surface area contributed by atoms with E-state index in [4.69, 9.17) is 5.26 Å².